The predicted molar refractivity (Wildman–Crippen MR) is 61.0 cm³/mol. The van der Waals surface area contributed by atoms with E-state index < -0.39 is 17.5 Å². The normalized spacial score (nSPS) is 10.3. The summed E-state index contributed by atoms with van der Waals surface area (Å²) in [6, 6.07) is 2.85. The van der Waals surface area contributed by atoms with Crippen molar-refractivity contribution in [1.29, 1.82) is 0 Å². The molecule has 0 aliphatic heterocycles. The fourth-order valence-electron chi connectivity index (χ4n) is 1.50. The van der Waals surface area contributed by atoms with Crippen molar-refractivity contribution in [2.75, 3.05) is 6.54 Å². The Kier molecular flexibility index (Phi) is 3.66. The van der Waals surface area contributed by atoms with Gasteiger partial charge in [-0.2, -0.15) is 0 Å². The molecule has 1 amide bonds. The van der Waals surface area contributed by atoms with Gasteiger partial charge in [-0.15, -0.1) is 0 Å². The fraction of sp³-hybridized carbons (Fsp3) is 0.167. The van der Waals surface area contributed by atoms with Crippen LogP contribution in [0.25, 0.3) is 0 Å². The molecule has 0 atom stereocenters. The molecule has 1 aromatic carbocycles. The number of hydrogen-bond donors (Lipinski definition) is 2. The number of halogens is 2. The van der Waals surface area contributed by atoms with Crippen LogP contribution in [0.5, 0.6) is 0 Å². The summed E-state index contributed by atoms with van der Waals surface area (Å²) in [6.45, 7) is 0.345. The van der Waals surface area contributed by atoms with E-state index in [4.69, 9.17) is 0 Å². The Morgan fingerprint density at radius 3 is 2.89 bits per heavy atom. The van der Waals surface area contributed by atoms with Crippen LogP contribution in [0.4, 0.5) is 8.78 Å². The maximum atomic E-state index is 13.3. The van der Waals surface area contributed by atoms with E-state index in [1.807, 2.05) is 0 Å². The van der Waals surface area contributed by atoms with Gasteiger partial charge in [-0.1, -0.05) is 0 Å². The third kappa shape index (κ3) is 2.91. The van der Waals surface area contributed by atoms with E-state index in [1.165, 1.54) is 6.33 Å². The van der Waals surface area contributed by atoms with Gasteiger partial charge in [0.1, 0.15) is 11.6 Å². The molecule has 4 nitrogen and oxygen atoms in total. The van der Waals surface area contributed by atoms with Crippen molar-refractivity contribution in [1.82, 2.24) is 15.3 Å². The molecule has 1 aromatic heterocycles. The molecule has 0 aliphatic carbocycles. The van der Waals surface area contributed by atoms with E-state index in [9.17, 15) is 13.6 Å². The molecule has 0 aliphatic rings. The van der Waals surface area contributed by atoms with Gasteiger partial charge in [0, 0.05) is 30.9 Å². The van der Waals surface area contributed by atoms with Crippen molar-refractivity contribution in [3.05, 3.63) is 53.6 Å². The van der Waals surface area contributed by atoms with Gasteiger partial charge >= 0.3 is 0 Å². The Morgan fingerprint density at radius 1 is 1.39 bits per heavy atom. The number of benzene rings is 1. The number of carbonyl (C=O) groups is 1. The van der Waals surface area contributed by atoms with Crippen LogP contribution in [0.3, 0.4) is 0 Å². The molecule has 2 N–H and O–H groups in total. The Balaban J connectivity index is 1.91. The standard InChI is InChI=1S/C12H11F2N3O/c13-8-1-2-10(11(14)5-8)12(18)16-4-3-9-6-15-7-17-9/h1-2,5-7H,3-4H2,(H,15,17)(H,16,18). The van der Waals surface area contributed by atoms with E-state index in [1.54, 1.807) is 6.20 Å². The Bertz CT molecular complexity index is 540. The van der Waals surface area contributed by atoms with Gasteiger partial charge < -0.3 is 10.3 Å². The Hall–Kier alpha value is -2.24. The van der Waals surface area contributed by atoms with Crippen molar-refractivity contribution < 1.29 is 13.6 Å². The zero-order valence-corrected chi connectivity index (χ0v) is 9.41. The van der Waals surface area contributed by atoms with Crippen molar-refractivity contribution in [2.24, 2.45) is 0 Å². The average Bonchev–Trinajstić information content (AvgIpc) is 2.81. The fourth-order valence-corrected chi connectivity index (χ4v) is 1.50. The van der Waals surface area contributed by atoms with Crippen molar-refractivity contribution in [2.45, 2.75) is 6.42 Å². The van der Waals surface area contributed by atoms with Gasteiger partial charge in [0.2, 0.25) is 0 Å². The number of hydrogen-bond acceptors (Lipinski definition) is 2. The van der Waals surface area contributed by atoms with Crippen LogP contribution in [-0.2, 0) is 6.42 Å². The smallest absolute Gasteiger partial charge is 0.254 e. The first kappa shape index (κ1) is 12.2. The third-order valence-corrected chi connectivity index (χ3v) is 2.41. The number of nitrogens with zero attached hydrogens (tertiary/aromatic N) is 1. The molecule has 0 saturated heterocycles. The number of rotatable bonds is 4. The number of aromatic nitrogens is 2. The highest BCUT2D eigenvalue weighted by molar-refractivity contribution is 5.94. The molecule has 2 rings (SSSR count). The largest absolute Gasteiger partial charge is 0.352 e. The van der Waals surface area contributed by atoms with E-state index in [2.05, 4.69) is 15.3 Å². The van der Waals surface area contributed by atoms with Gasteiger partial charge in [0.15, 0.2) is 0 Å². The molecule has 0 spiro atoms. The molecule has 1 heterocycles. The van der Waals surface area contributed by atoms with Crippen LogP contribution >= 0.6 is 0 Å². The molecular formula is C12H11F2N3O. The van der Waals surface area contributed by atoms with Gasteiger partial charge in [0.25, 0.3) is 5.91 Å². The highest BCUT2D eigenvalue weighted by atomic mass is 19.1. The molecule has 6 heteroatoms. The van der Waals surface area contributed by atoms with E-state index in [-0.39, 0.29) is 5.56 Å². The minimum Gasteiger partial charge on any atom is -0.352 e. The van der Waals surface area contributed by atoms with Crippen LogP contribution in [-0.4, -0.2) is 22.4 Å². The topological polar surface area (TPSA) is 57.8 Å². The number of H-pyrrole nitrogens is 1. The summed E-state index contributed by atoms with van der Waals surface area (Å²) in [4.78, 5) is 18.3. The maximum absolute atomic E-state index is 13.3. The first-order valence-electron chi connectivity index (χ1n) is 5.37. The second-order valence-electron chi connectivity index (χ2n) is 3.71. The van der Waals surface area contributed by atoms with Crippen molar-refractivity contribution in [3.8, 4) is 0 Å². The number of imidazole rings is 1. The summed E-state index contributed by atoms with van der Waals surface area (Å²) in [7, 11) is 0. The molecule has 0 radical (unpaired) electrons. The lowest BCUT2D eigenvalue weighted by molar-refractivity contribution is 0.0950. The van der Waals surface area contributed by atoms with Gasteiger partial charge in [-0.3, -0.25) is 4.79 Å². The van der Waals surface area contributed by atoms with Crippen LogP contribution in [0.1, 0.15) is 16.1 Å². The molecule has 0 saturated carbocycles. The summed E-state index contributed by atoms with van der Waals surface area (Å²) in [5.41, 5.74) is 0.705. The molecule has 0 fully saturated rings. The first-order valence-corrected chi connectivity index (χ1v) is 5.37. The summed E-state index contributed by atoms with van der Waals surface area (Å²) in [6.07, 6.45) is 3.75. The minimum absolute atomic E-state index is 0.166. The zero-order valence-electron chi connectivity index (χ0n) is 9.41. The lowest BCUT2D eigenvalue weighted by atomic mass is 10.2. The summed E-state index contributed by atoms with van der Waals surface area (Å²) in [5.74, 6) is -2.14. The summed E-state index contributed by atoms with van der Waals surface area (Å²) >= 11 is 0. The number of amides is 1. The summed E-state index contributed by atoms with van der Waals surface area (Å²) < 4.78 is 26.0. The highest BCUT2D eigenvalue weighted by Gasteiger charge is 2.11. The van der Waals surface area contributed by atoms with Gasteiger partial charge in [0.05, 0.1) is 11.9 Å². The van der Waals surface area contributed by atoms with Crippen LogP contribution in [0.2, 0.25) is 0 Å². The van der Waals surface area contributed by atoms with Crippen molar-refractivity contribution in [3.63, 3.8) is 0 Å². The lowest BCUT2D eigenvalue weighted by Gasteiger charge is -2.05. The Morgan fingerprint density at radius 2 is 2.22 bits per heavy atom. The maximum Gasteiger partial charge on any atom is 0.254 e. The zero-order chi connectivity index (χ0) is 13.0. The number of nitrogens with one attached hydrogen (secondary N) is 2. The van der Waals surface area contributed by atoms with Gasteiger partial charge in [-0.05, 0) is 12.1 Å². The molecule has 0 unspecified atom stereocenters. The monoisotopic (exact) mass is 251 g/mol. The van der Waals surface area contributed by atoms with E-state index in [0.717, 1.165) is 17.8 Å². The molecule has 94 valence electrons. The second-order valence-corrected chi connectivity index (χ2v) is 3.71. The third-order valence-electron chi connectivity index (χ3n) is 2.41. The lowest BCUT2D eigenvalue weighted by Crippen LogP contribution is -2.26. The van der Waals surface area contributed by atoms with Crippen molar-refractivity contribution >= 4 is 5.91 Å². The number of carbonyl (C=O) groups excluding carboxylic acids is 1. The SMILES string of the molecule is O=C(NCCc1cnc[nH]1)c1ccc(F)cc1F. The molecule has 18 heavy (non-hydrogen) atoms. The highest BCUT2D eigenvalue weighted by Crippen LogP contribution is 2.09. The summed E-state index contributed by atoms with van der Waals surface area (Å²) in [5, 5.41) is 2.55. The van der Waals surface area contributed by atoms with Crippen LogP contribution in [0.15, 0.2) is 30.7 Å². The van der Waals surface area contributed by atoms with Gasteiger partial charge in [-0.25, -0.2) is 13.8 Å². The predicted octanol–water partition coefficient (Wildman–Crippen LogP) is 1.66. The average molecular weight is 251 g/mol. The molecular weight excluding hydrogens is 240 g/mol. The first-order chi connectivity index (χ1) is 8.66. The van der Waals surface area contributed by atoms with Crippen LogP contribution < -0.4 is 5.32 Å². The van der Waals surface area contributed by atoms with Crippen LogP contribution in [0, 0.1) is 11.6 Å². The quantitative estimate of drug-likeness (QED) is 0.868. The molecule has 2 aromatic rings. The molecule has 0 bridgehead atoms. The number of aromatic amines is 1. The second kappa shape index (κ2) is 5.39. The Labute approximate surface area is 102 Å². The van der Waals surface area contributed by atoms with E-state index >= 15 is 0 Å². The van der Waals surface area contributed by atoms with E-state index in [0.29, 0.717) is 19.0 Å². The minimum atomic E-state index is -0.867.